The Morgan fingerprint density at radius 2 is 1.54 bits per heavy atom. The third-order valence-corrected chi connectivity index (χ3v) is 14.6. The van der Waals surface area contributed by atoms with Crippen molar-refractivity contribution in [1.29, 1.82) is 0 Å². The molecule has 9 rings (SSSR count). The topological polar surface area (TPSA) is 168 Å². The number of nitrogens with one attached hydrogen (secondary N) is 2. The van der Waals surface area contributed by atoms with Gasteiger partial charge in [0.15, 0.2) is 0 Å². The number of fused-ring (bicyclic) bond motifs is 1. The molecule has 388 valence electrons. The van der Waals surface area contributed by atoms with Crippen LogP contribution in [-0.2, 0) is 28.9 Å². The number of hydrogen-bond acceptors (Lipinski definition) is 12. The molecule has 15 nitrogen and oxygen atoms in total. The van der Waals surface area contributed by atoms with Crippen molar-refractivity contribution in [3.8, 4) is 5.75 Å². The van der Waals surface area contributed by atoms with Crippen LogP contribution in [0.4, 0.5) is 29.1 Å². The van der Waals surface area contributed by atoms with Gasteiger partial charge in [0.2, 0.25) is 11.8 Å². The molecule has 3 aromatic carbocycles. The van der Waals surface area contributed by atoms with E-state index in [0.29, 0.717) is 76.0 Å². The molecule has 0 bridgehead atoms. The van der Waals surface area contributed by atoms with Crippen LogP contribution in [0.3, 0.4) is 0 Å². The minimum absolute atomic E-state index is 0.0961. The van der Waals surface area contributed by atoms with Crippen LogP contribution in [0.15, 0.2) is 85.3 Å². The predicted octanol–water partition coefficient (Wildman–Crippen LogP) is 6.10. The number of rotatable bonds is 15. The largest absolute Gasteiger partial charge is 0.489 e. The van der Waals surface area contributed by atoms with Crippen LogP contribution in [0.25, 0.3) is 11.0 Å². The van der Waals surface area contributed by atoms with Crippen LogP contribution in [0, 0.1) is 11.7 Å². The van der Waals surface area contributed by atoms with Gasteiger partial charge >= 0.3 is 6.18 Å². The Kier molecular flexibility index (Phi) is 17.9. The summed E-state index contributed by atoms with van der Waals surface area (Å²) in [6.45, 7) is 13.1. The number of carbonyl (C=O) groups is 2. The second-order valence-corrected chi connectivity index (χ2v) is 19.9. The van der Waals surface area contributed by atoms with E-state index < -0.39 is 23.1 Å². The van der Waals surface area contributed by atoms with Crippen molar-refractivity contribution in [3.05, 3.63) is 113 Å². The molecule has 6 heterocycles. The van der Waals surface area contributed by atoms with Gasteiger partial charge in [0.1, 0.15) is 36.0 Å². The lowest BCUT2D eigenvalue weighted by Gasteiger charge is -2.39. The summed E-state index contributed by atoms with van der Waals surface area (Å²) in [5, 5.41) is 4.84. The monoisotopic (exact) mass is 1020 g/mol. The van der Waals surface area contributed by atoms with Crippen molar-refractivity contribution < 1.29 is 31.9 Å². The Bertz CT molecular complexity index is 2540. The van der Waals surface area contributed by atoms with E-state index in [1.807, 2.05) is 53.6 Å². The molecule has 4 saturated heterocycles. The zero-order valence-corrected chi connectivity index (χ0v) is 41.5. The zero-order chi connectivity index (χ0) is 50.7. The van der Waals surface area contributed by atoms with Gasteiger partial charge in [0, 0.05) is 108 Å². The number of H-pyrrole nitrogens is 1. The summed E-state index contributed by atoms with van der Waals surface area (Å²) in [5.74, 6) is 0.771. The molecule has 5 aromatic rings. The molecule has 0 spiro atoms. The molecule has 4 aliphatic rings. The molecule has 6 N–H and O–H groups in total. The first-order chi connectivity index (χ1) is 34.7. The molecule has 4 fully saturated rings. The number of carbonyl (C=O) groups excluding carboxylic acids is 2. The van der Waals surface area contributed by atoms with Crippen LogP contribution >= 0.6 is 11.6 Å². The quantitative estimate of drug-likeness (QED) is 0.0542. The highest BCUT2D eigenvalue weighted by Crippen LogP contribution is 2.33. The summed E-state index contributed by atoms with van der Waals surface area (Å²) >= 11 is 5.54. The van der Waals surface area contributed by atoms with E-state index in [4.69, 9.17) is 27.8 Å². The highest BCUT2D eigenvalue weighted by atomic mass is 35.5. The number of nitrogens with zero attached hydrogens (tertiary/aromatic N) is 8. The number of piperidine rings is 2. The van der Waals surface area contributed by atoms with Gasteiger partial charge in [-0.25, -0.2) is 14.4 Å². The fourth-order valence-corrected chi connectivity index (χ4v) is 10.2. The standard InChI is InChI=1S/C46H62F4N12O3.C6H5Cl/c47-39-4-2-34(26-38(39)46(48,49)50)31-65-40-5-3-36(51)27-35(40)29-60-20-18-59(19-21-60)28-33-7-14-58(15-8-33)30-41(63)61-24-22-57(23-25-61)13-1-11-54-44(64)45(52)9-16-62(17-10-45)43-37-6-12-53-42(37)55-32-56-43;7-6-4-2-1-3-5-6/h2-6,12,26-27,32-33H,1,7-11,13-25,28-31,51-52H2,(H,54,64)(H,53,55,56);1-5H. The number of likely N-dealkylation sites (tertiary alicyclic amines) is 1. The van der Waals surface area contributed by atoms with E-state index in [1.54, 1.807) is 18.5 Å². The fraction of sp³-hybridized carbons (Fsp3) is 0.500. The van der Waals surface area contributed by atoms with Crippen LogP contribution < -0.4 is 26.4 Å². The maximum absolute atomic E-state index is 13.8. The number of amides is 2. The number of anilines is 2. The van der Waals surface area contributed by atoms with Gasteiger partial charge in [-0.1, -0.05) is 35.9 Å². The first-order valence-corrected chi connectivity index (χ1v) is 25.4. The van der Waals surface area contributed by atoms with E-state index in [-0.39, 0.29) is 24.0 Å². The van der Waals surface area contributed by atoms with Crippen LogP contribution in [0.5, 0.6) is 5.75 Å². The van der Waals surface area contributed by atoms with Gasteiger partial charge in [-0.3, -0.25) is 24.3 Å². The number of nitrogen functional groups attached to an aromatic ring is 1. The van der Waals surface area contributed by atoms with Gasteiger partial charge in [0.25, 0.3) is 0 Å². The van der Waals surface area contributed by atoms with E-state index in [1.165, 1.54) is 6.07 Å². The Morgan fingerprint density at radius 1 is 0.833 bits per heavy atom. The fourth-order valence-electron chi connectivity index (χ4n) is 10.0. The Hall–Kier alpha value is -5.57. The second kappa shape index (κ2) is 24.4. The van der Waals surface area contributed by atoms with Crippen molar-refractivity contribution in [2.45, 2.75) is 57.0 Å². The molecule has 2 amide bonds. The normalized spacial score (nSPS) is 18.7. The van der Waals surface area contributed by atoms with E-state index in [0.717, 1.165) is 124 Å². The molecule has 2 aromatic heterocycles. The summed E-state index contributed by atoms with van der Waals surface area (Å²) in [7, 11) is 0. The molecule has 0 atom stereocenters. The number of hydrogen-bond donors (Lipinski definition) is 4. The molecule has 0 unspecified atom stereocenters. The smallest absolute Gasteiger partial charge is 0.419 e. The maximum atomic E-state index is 13.8. The van der Waals surface area contributed by atoms with Gasteiger partial charge in [-0.15, -0.1) is 0 Å². The van der Waals surface area contributed by atoms with E-state index in [9.17, 15) is 27.2 Å². The van der Waals surface area contributed by atoms with Gasteiger partial charge in [0.05, 0.1) is 23.0 Å². The first kappa shape index (κ1) is 52.7. The van der Waals surface area contributed by atoms with Crippen LogP contribution in [0.2, 0.25) is 5.02 Å². The molecule has 0 saturated carbocycles. The van der Waals surface area contributed by atoms with Crippen molar-refractivity contribution in [2.24, 2.45) is 11.7 Å². The number of aromatic amines is 1. The van der Waals surface area contributed by atoms with E-state index >= 15 is 0 Å². The molecule has 20 heteroatoms. The Balaban J connectivity index is 0.000000912. The summed E-state index contributed by atoms with van der Waals surface area (Å²) < 4.78 is 59.5. The van der Waals surface area contributed by atoms with Gasteiger partial charge in [-0.2, -0.15) is 13.2 Å². The molecule has 72 heavy (non-hydrogen) atoms. The number of ether oxygens (including phenoxy) is 1. The average molecular weight is 1020 g/mol. The first-order valence-electron chi connectivity index (χ1n) is 25.0. The Labute approximate surface area is 423 Å². The van der Waals surface area contributed by atoms with Crippen LogP contribution in [0.1, 0.15) is 48.8 Å². The highest BCUT2D eigenvalue weighted by Gasteiger charge is 2.38. The lowest BCUT2D eigenvalue weighted by atomic mass is 9.87. The summed E-state index contributed by atoms with van der Waals surface area (Å²) in [6, 6.07) is 19.6. The van der Waals surface area contributed by atoms with Crippen molar-refractivity contribution in [3.63, 3.8) is 0 Å². The molecule has 0 radical (unpaired) electrons. The van der Waals surface area contributed by atoms with Gasteiger partial charge < -0.3 is 41.2 Å². The molecule has 0 aliphatic carbocycles. The number of aromatic nitrogens is 3. The molecular weight excluding hydrogens is 952 g/mol. The maximum Gasteiger partial charge on any atom is 0.419 e. The molecular formula is C52H67ClF4N12O3. The summed E-state index contributed by atoms with van der Waals surface area (Å²) in [5.41, 5.74) is 13.0. The Morgan fingerprint density at radius 3 is 2.24 bits per heavy atom. The molecule has 4 aliphatic heterocycles. The number of alkyl halides is 3. The minimum atomic E-state index is -4.79. The second-order valence-electron chi connectivity index (χ2n) is 19.5. The van der Waals surface area contributed by atoms with Crippen molar-refractivity contribution >= 4 is 46.0 Å². The number of benzene rings is 3. The minimum Gasteiger partial charge on any atom is -0.489 e. The van der Waals surface area contributed by atoms with Crippen LogP contribution in [-0.4, -0.2) is 162 Å². The lowest BCUT2D eigenvalue weighted by Crippen LogP contribution is -2.60. The lowest BCUT2D eigenvalue weighted by molar-refractivity contribution is -0.140. The van der Waals surface area contributed by atoms with E-state index in [2.05, 4.69) is 44.8 Å². The third-order valence-electron chi connectivity index (χ3n) is 14.4. The highest BCUT2D eigenvalue weighted by molar-refractivity contribution is 6.30. The number of halogens is 5. The zero-order valence-electron chi connectivity index (χ0n) is 40.8. The average Bonchev–Trinajstić information content (AvgIpc) is 3.87. The van der Waals surface area contributed by atoms with Gasteiger partial charge in [-0.05, 0) is 112 Å². The van der Waals surface area contributed by atoms with Crippen molar-refractivity contribution in [2.75, 3.05) is 115 Å². The van der Waals surface area contributed by atoms with Crippen molar-refractivity contribution in [1.82, 2.24) is 44.8 Å². The summed E-state index contributed by atoms with van der Waals surface area (Å²) in [4.78, 5) is 52.0. The third kappa shape index (κ3) is 14.3. The summed E-state index contributed by atoms with van der Waals surface area (Å²) in [6.07, 6.45) is 2.66. The number of piperazine rings is 2. The SMILES string of the molecule is Clc1ccccc1.Nc1ccc(OCc2ccc(F)c(C(F)(F)F)c2)c(CN2CCN(CC3CCN(CC(=O)N4CCN(CCCNC(=O)C5(N)CCN(c6ncnc7[nH]ccc67)CC5)CC4)CC3)CC2)c1. The predicted molar refractivity (Wildman–Crippen MR) is 272 cm³/mol. The number of nitrogens with two attached hydrogens (primary N) is 2.